The van der Waals surface area contributed by atoms with E-state index in [9.17, 15) is 13.2 Å². The highest BCUT2D eigenvalue weighted by Gasteiger charge is 2.12. The van der Waals surface area contributed by atoms with E-state index in [1.54, 1.807) is 48.7 Å². The smallest absolute Gasteiger partial charge is 0.255 e. The molecule has 150 valence electrons. The molecular weight excluding hydrogens is 400 g/mol. The monoisotopic (exact) mass is 418 g/mol. The van der Waals surface area contributed by atoms with Gasteiger partial charge in [0.15, 0.2) is 9.84 Å². The van der Waals surface area contributed by atoms with E-state index in [0.717, 1.165) is 17.2 Å². The minimum absolute atomic E-state index is 0.100. The van der Waals surface area contributed by atoms with E-state index in [0.29, 0.717) is 17.2 Å². The average Bonchev–Trinajstić information content (AvgIpc) is 2.75. The molecule has 0 saturated carbocycles. The van der Waals surface area contributed by atoms with Crippen molar-refractivity contribution in [3.8, 4) is 11.5 Å². The first-order valence-corrected chi connectivity index (χ1v) is 11.0. The van der Waals surface area contributed by atoms with Crippen molar-refractivity contribution >= 4 is 32.3 Å². The molecule has 0 atom stereocenters. The molecule has 4 aromatic rings. The van der Waals surface area contributed by atoms with Crippen molar-refractivity contribution in [3.63, 3.8) is 0 Å². The number of amides is 1. The second-order valence-corrected chi connectivity index (χ2v) is 8.72. The Morgan fingerprint density at radius 1 is 0.933 bits per heavy atom. The van der Waals surface area contributed by atoms with Gasteiger partial charge in [0.25, 0.3) is 5.91 Å². The Bertz CT molecular complexity index is 1330. The van der Waals surface area contributed by atoms with E-state index < -0.39 is 15.7 Å². The van der Waals surface area contributed by atoms with Crippen molar-refractivity contribution in [3.05, 3.63) is 90.6 Å². The van der Waals surface area contributed by atoms with Crippen LogP contribution in [0.4, 0.5) is 5.69 Å². The second-order valence-electron chi connectivity index (χ2n) is 6.71. The lowest BCUT2D eigenvalue weighted by Gasteiger charge is -2.10. The summed E-state index contributed by atoms with van der Waals surface area (Å²) < 4.78 is 29.3. The third-order valence-electron chi connectivity index (χ3n) is 4.47. The topological polar surface area (TPSA) is 85.4 Å². The molecule has 0 saturated heterocycles. The van der Waals surface area contributed by atoms with Crippen molar-refractivity contribution < 1.29 is 17.9 Å². The summed E-state index contributed by atoms with van der Waals surface area (Å²) in [6.45, 7) is 0. The molecule has 30 heavy (non-hydrogen) atoms. The molecule has 1 heterocycles. The van der Waals surface area contributed by atoms with Gasteiger partial charge in [0.2, 0.25) is 0 Å². The maximum atomic E-state index is 12.5. The largest absolute Gasteiger partial charge is 0.457 e. The molecule has 0 aliphatic carbocycles. The normalized spacial score (nSPS) is 11.2. The van der Waals surface area contributed by atoms with Crippen LogP contribution >= 0.6 is 0 Å². The molecule has 0 spiro atoms. The van der Waals surface area contributed by atoms with E-state index in [-0.39, 0.29) is 10.5 Å². The molecule has 0 fully saturated rings. The molecule has 0 radical (unpaired) electrons. The molecule has 4 rings (SSSR count). The van der Waals surface area contributed by atoms with Crippen LogP contribution < -0.4 is 10.1 Å². The second kappa shape index (κ2) is 7.96. The van der Waals surface area contributed by atoms with Crippen LogP contribution in [-0.4, -0.2) is 25.6 Å². The van der Waals surface area contributed by atoms with Crippen molar-refractivity contribution in [1.29, 1.82) is 0 Å². The predicted octanol–water partition coefficient (Wildman–Crippen LogP) is 4.68. The summed E-state index contributed by atoms with van der Waals surface area (Å²) in [6, 6.07) is 22.4. The highest BCUT2D eigenvalue weighted by molar-refractivity contribution is 7.90. The molecule has 0 unspecified atom stereocenters. The molecular formula is C23H18N2O4S. The fourth-order valence-electron chi connectivity index (χ4n) is 2.96. The first kappa shape index (κ1) is 19.6. The fourth-order valence-corrected chi connectivity index (χ4v) is 3.63. The van der Waals surface area contributed by atoms with Gasteiger partial charge in [-0.3, -0.25) is 9.78 Å². The Morgan fingerprint density at radius 2 is 1.70 bits per heavy atom. The predicted molar refractivity (Wildman–Crippen MR) is 116 cm³/mol. The number of anilines is 1. The van der Waals surface area contributed by atoms with Gasteiger partial charge in [0.05, 0.1) is 10.4 Å². The SMILES string of the molecule is CS(=O)(=O)c1cccc(C(=O)Nc2ccc(Oc3ccnc4ccccc34)cc2)c1. The van der Waals surface area contributed by atoms with E-state index in [2.05, 4.69) is 10.3 Å². The molecule has 1 aromatic heterocycles. The van der Waals surface area contributed by atoms with Crippen LogP contribution in [0.25, 0.3) is 10.9 Å². The Hall–Kier alpha value is -3.71. The zero-order valence-electron chi connectivity index (χ0n) is 16.1. The number of benzene rings is 3. The Labute approximate surface area is 174 Å². The van der Waals surface area contributed by atoms with Crippen LogP contribution in [0.15, 0.2) is 90.0 Å². The standard InChI is InChI=1S/C23H18N2O4S/c1-30(27,28)19-6-4-5-16(15-19)23(26)25-17-9-11-18(12-10-17)29-22-13-14-24-21-8-3-2-7-20(21)22/h2-15H,1H3,(H,25,26). The third-order valence-corrected chi connectivity index (χ3v) is 5.58. The number of pyridine rings is 1. The first-order valence-electron chi connectivity index (χ1n) is 9.13. The number of nitrogens with one attached hydrogen (secondary N) is 1. The number of carbonyl (C=O) groups excluding carboxylic acids is 1. The summed E-state index contributed by atoms with van der Waals surface area (Å²) in [4.78, 5) is 16.9. The number of para-hydroxylation sites is 1. The minimum atomic E-state index is -3.38. The highest BCUT2D eigenvalue weighted by Crippen LogP contribution is 2.29. The quantitative estimate of drug-likeness (QED) is 0.508. The van der Waals surface area contributed by atoms with Gasteiger partial charge in [0, 0.05) is 29.1 Å². The average molecular weight is 418 g/mol. The van der Waals surface area contributed by atoms with E-state index in [1.807, 2.05) is 24.3 Å². The maximum absolute atomic E-state index is 12.5. The van der Waals surface area contributed by atoms with E-state index in [4.69, 9.17) is 4.74 Å². The molecule has 1 N–H and O–H groups in total. The number of sulfone groups is 1. The highest BCUT2D eigenvalue weighted by atomic mass is 32.2. The van der Waals surface area contributed by atoms with Crippen molar-refractivity contribution in [1.82, 2.24) is 4.98 Å². The van der Waals surface area contributed by atoms with Crippen LogP contribution in [0, 0.1) is 0 Å². The van der Waals surface area contributed by atoms with E-state index in [1.165, 1.54) is 12.1 Å². The van der Waals surface area contributed by atoms with Crippen molar-refractivity contribution in [2.24, 2.45) is 0 Å². The summed E-state index contributed by atoms with van der Waals surface area (Å²) in [5.74, 6) is 0.910. The van der Waals surface area contributed by atoms with Gasteiger partial charge in [0.1, 0.15) is 11.5 Å². The van der Waals surface area contributed by atoms with Crippen molar-refractivity contribution in [2.75, 3.05) is 11.6 Å². The lowest BCUT2D eigenvalue weighted by molar-refractivity contribution is 0.102. The molecule has 0 aliphatic heterocycles. The van der Waals surface area contributed by atoms with Crippen LogP contribution in [0.5, 0.6) is 11.5 Å². The third kappa shape index (κ3) is 4.31. The number of fused-ring (bicyclic) bond motifs is 1. The number of ether oxygens (including phenoxy) is 1. The van der Waals surface area contributed by atoms with Gasteiger partial charge in [-0.2, -0.15) is 0 Å². The van der Waals surface area contributed by atoms with Crippen LogP contribution in [0.1, 0.15) is 10.4 Å². The van der Waals surface area contributed by atoms with Gasteiger partial charge in [-0.15, -0.1) is 0 Å². The molecule has 6 nitrogen and oxygen atoms in total. The number of aromatic nitrogens is 1. The zero-order valence-corrected chi connectivity index (χ0v) is 16.9. The molecule has 0 bridgehead atoms. The lowest BCUT2D eigenvalue weighted by atomic mass is 10.2. The molecule has 0 aliphatic rings. The van der Waals surface area contributed by atoms with Crippen LogP contribution in [0.3, 0.4) is 0 Å². The Morgan fingerprint density at radius 3 is 2.47 bits per heavy atom. The molecule has 7 heteroatoms. The van der Waals surface area contributed by atoms with Gasteiger partial charge in [-0.25, -0.2) is 8.42 Å². The number of hydrogen-bond donors (Lipinski definition) is 1. The van der Waals surface area contributed by atoms with Crippen LogP contribution in [0.2, 0.25) is 0 Å². The summed E-state index contributed by atoms with van der Waals surface area (Å²) in [7, 11) is -3.38. The minimum Gasteiger partial charge on any atom is -0.457 e. The van der Waals surface area contributed by atoms with Crippen LogP contribution in [-0.2, 0) is 9.84 Å². The summed E-state index contributed by atoms with van der Waals surface area (Å²) >= 11 is 0. The summed E-state index contributed by atoms with van der Waals surface area (Å²) in [5, 5.41) is 3.66. The lowest BCUT2D eigenvalue weighted by Crippen LogP contribution is -2.12. The van der Waals surface area contributed by atoms with Gasteiger partial charge < -0.3 is 10.1 Å². The number of nitrogens with zero attached hydrogens (tertiary/aromatic N) is 1. The van der Waals surface area contributed by atoms with Gasteiger partial charge in [-0.05, 0) is 60.7 Å². The fraction of sp³-hybridized carbons (Fsp3) is 0.0435. The first-order chi connectivity index (χ1) is 14.4. The number of rotatable bonds is 5. The molecule has 1 amide bonds. The number of hydrogen-bond acceptors (Lipinski definition) is 5. The van der Waals surface area contributed by atoms with Crippen molar-refractivity contribution in [2.45, 2.75) is 4.90 Å². The molecule has 3 aromatic carbocycles. The Kier molecular flexibility index (Phi) is 5.20. The van der Waals surface area contributed by atoms with E-state index >= 15 is 0 Å². The summed E-state index contributed by atoms with van der Waals surface area (Å²) in [5.41, 5.74) is 1.67. The van der Waals surface area contributed by atoms with Gasteiger partial charge in [-0.1, -0.05) is 18.2 Å². The maximum Gasteiger partial charge on any atom is 0.255 e. The van der Waals surface area contributed by atoms with Gasteiger partial charge >= 0.3 is 0 Å². The number of carbonyl (C=O) groups is 1. The Balaban J connectivity index is 1.49. The zero-order chi connectivity index (χ0) is 21.1. The summed E-state index contributed by atoms with van der Waals surface area (Å²) in [6.07, 6.45) is 2.80.